The van der Waals surface area contributed by atoms with Crippen LogP contribution < -0.4 is 14.8 Å². The van der Waals surface area contributed by atoms with Crippen molar-refractivity contribution < 1.29 is 27.8 Å². The second kappa shape index (κ2) is 8.49. The molecule has 31 heavy (non-hydrogen) atoms. The van der Waals surface area contributed by atoms with Gasteiger partial charge in [-0.05, 0) is 60.7 Å². The van der Waals surface area contributed by atoms with Gasteiger partial charge in [0.2, 0.25) is 5.91 Å². The molecule has 0 saturated heterocycles. The number of methoxy groups -OCH3 is 1. The van der Waals surface area contributed by atoms with Crippen molar-refractivity contribution in [3.63, 3.8) is 0 Å². The van der Waals surface area contributed by atoms with Crippen LogP contribution in [0.3, 0.4) is 0 Å². The van der Waals surface area contributed by atoms with Gasteiger partial charge >= 0.3 is 0 Å². The van der Waals surface area contributed by atoms with Gasteiger partial charge in [0.15, 0.2) is 17.3 Å². The average Bonchev–Trinajstić information content (AvgIpc) is 2.75. The molecular formula is C24H23F2NO4. The molecule has 1 aliphatic heterocycles. The Morgan fingerprint density at radius 1 is 1.03 bits per heavy atom. The largest absolute Gasteiger partial charge is 0.493 e. The Kier molecular flexibility index (Phi) is 5.76. The lowest BCUT2D eigenvalue weighted by Gasteiger charge is -2.34. The molecule has 2 unspecified atom stereocenters. The number of nitrogens with one attached hydrogen (secondary N) is 1. The summed E-state index contributed by atoms with van der Waals surface area (Å²) in [6, 6.07) is 8.64. The Hall–Kier alpha value is -3.22. The van der Waals surface area contributed by atoms with E-state index in [2.05, 4.69) is 5.32 Å². The number of rotatable bonds is 5. The molecule has 0 saturated carbocycles. The van der Waals surface area contributed by atoms with Gasteiger partial charge in [0.05, 0.1) is 13.7 Å². The smallest absolute Gasteiger partial charge is 0.225 e. The minimum atomic E-state index is -0.789. The summed E-state index contributed by atoms with van der Waals surface area (Å²) in [7, 11) is 1.55. The number of ether oxygens (including phenoxy) is 2. The van der Waals surface area contributed by atoms with Gasteiger partial charge in [0.25, 0.3) is 0 Å². The third-order valence-corrected chi connectivity index (χ3v) is 5.83. The molecule has 0 spiro atoms. The summed E-state index contributed by atoms with van der Waals surface area (Å²) < 4.78 is 39.2. The molecule has 0 radical (unpaired) electrons. The van der Waals surface area contributed by atoms with Crippen molar-refractivity contribution in [3.05, 3.63) is 70.4 Å². The van der Waals surface area contributed by atoms with Crippen molar-refractivity contribution in [2.24, 2.45) is 0 Å². The summed E-state index contributed by atoms with van der Waals surface area (Å²) in [5, 5.41) is 2.79. The van der Waals surface area contributed by atoms with Crippen LogP contribution in [-0.4, -0.2) is 25.4 Å². The molecule has 2 aromatic rings. The second-order valence-corrected chi connectivity index (χ2v) is 7.73. The normalized spacial score (nSPS) is 20.9. The standard InChI is InChI=1S/C24H23F2NO4/c1-3-31-21-7-4-13(10-22(21)30-2)14-8-19-24(20(28)9-14)17(12-23(29)27-19)16-11-15(25)5-6-18(16)26/h4-7,10-11,14,17H,3,8-9,12H2,1-2H3,(H,27,29). The predicted octanol–water partition coefficient (Wildman–Crippen LogP) is 4.38. The highest BCUT2D eigenvalue weighted by molar-refractivity contribution is 6.02. The zero-order valence-electron chi connectivity index (χ0n) is 17.3. The van der Waals surface area contributed by atoms with Crippen molar-refractivity contribution in [2.75, 3.05) is 13.7 Å². The van der Waals surface area contributed by atoms with Crippen LogP contribution in [0.25, 0.3) is 0 Å². The number of benzene rings is 2. The number of carbonyl (C=O) groups is 2. The fraction of sp³-hybridized carbons (Fsp3) is 0.333. The van der Waals surface area contributed by atoms with Crippen molar-refractivity contribution >= 4 is 11.7 Å². The van der Waals surface area contributed by atoms with Gasteiger partial charge in [-0.3, -0.25) is 9.59 Å². The zero-order valence-corrected chi connectivity index (χ0v) is 17.3. The lowest BCUT2D eigenvalue weighted by molar-refractivity contribution is -0.122. The van der Waals surface area contributed by atoms with Crippen molar-refractivity contribution in [1.29, 1.82) is 0 Å². The van der Waals surface area contributed by atoms with Gasteiger partial charge in [-0.1, -0.05) is 6.07 Å². The Balaban J connectivity index is 1.70. The Labute approximate surface area is 179 Å². The molecule has 2 aliphatic rings. The lowest BCUT2D eigenvalue weighted by Crippen LogP contribution is -2.38. The lowest BCUT2D eigenvalue weighted by atomic mass is 9.73. The summed E-state index contributed by atoms with van der Waals surface area (Å²) in [4.78, 5) is 25.5. The van der Waals surface area contributed by atoms with Crippen molar-refractivity contribution in [2.45, 2.75) is 38.0 Å². The minimum Gasteiger partial charge on any atom is -0.493 e. The molecule has 0 bridgehead atoms. The first-order chi connectivity index (χ1) is 14.9. The first-order valence-electron chi connectivity index (χ1n) is 10.2. The predicted molar refractivity (Wildman–Crippen MR) is 110 cm³/mol. The van der Waals surface area contributed by atoms with Gasteiger partial charge in [-0.25, -0.2) is 8.78 Å². The van der Waals surface area contributed by atoms with Crippen molar-refractivity contribution in [1.82, 2.24) is 5.32 Å². The number of allylic oxidation sites excluding steroid dienone is 2. The number of carbonyl (C=O) groups excluding carboxylic acids is 2. The Bertz CT molecular complexity index is 1080. The number of halogens is 2. The molecule has 4 rings (SSSR count). The van der Waals surface area contributed by atoms with Gasteiger partial charge < -0.3 is 14.8 Å². The van der Waals surface area contributed by atoms with Crippen LogP contribution in [0.15, 0.2) is 47.7 Å². The number of Topliss-reactive ketones (excluding diaryl/α,β-unsaturated/α-hetero) is 1. The number of hydrogen-bond donors (Lipinski definition) is 1. The summed E-state index contributed by atoms with van der Waals surface area (Å²) in [5.74, 6) is -1.50. The molecular weight excluding hydrogens is 404 g/mol. The van der Waals surface area contributed by atoms with Crippen LogP contribution in [0.2, 0.25) is 0 Å². The number of amides is 1. The van der Waals surface area contributed by atoms with Crippen LogP contribution in [0, 0.1) is 11.6 Å². The maximum absolute atomic E-state index is 14.4. The highest BCUT2D eigenvalue weighted by Crippen LogP contribution is 2.44. The fourth-order valence-electron chi connectivity index (χ4n) is 4.46. The van der Waals surface area contributed by atoms with Crippen LogP contribution >= 0.6 is 0 Å². The molecule has 1 aliphatic carbocycles. The van der Waals surface area contributed by atoms with E-state index in [1.807, 2.05) is 19.1 Å². The highest BCUT2D eigenvalue weighted by atomic mass is 19.1. The average molecular weight is 427 g/mol. The SMILES string of the molecule is CCOc1ccc(C2CC(=O)C3=C(C2)NC(=O)CC3c2cc(F)ccc2F)cc1OC. The molecule has 5 nitrogen and oxygen atoms in total. The minimum absolute atomic E-state index is 0.0388. The highest BCUT2D eigenvalue weighted by Gasteiger charge is 2.39. The maximum atomic E-state index is 14.4. The summed E-state index contributed by atoms with van der Waals surface area (Å²) in [5.41, 5.74) is 1.78. The van der Waals surface area contributed by atoms with Gasteiger partial charge in [0, 0.05) is 30.0 Å². The third kappa shape index (κ3) is 4.04. The van der Waals surface area contributed by atoms with Crippen LogP contribution in [0.4, 0.5) is 8.78 Å². The van der Waals surface area contributed by atoms with Gasteiger partial charge in [-0.2, -0.15) is 0 Å². The molecule has 0 fully saturated rings. The summed E-state index contributed by atoms with van der Waals surface area (Å²) in [6.07, 6.45) is 0.531. The van der Waals surface area contributed by atoms with Crippen LogP contribution in [0.1, 0.15) is 49.1 Å². The molecule has 162 valence electrons. The zero-order chi connectivity index (χ0) is 22.1. The number of hydrogen-bond acceptors (Lipinski definition) is 4. The van der Waals surface area contributed by atoms with E-state index in [1.165, 1.54) is 0 Å². The van der Waals surface area contributed by atoms with Crippen molar-refractivity contribution in [3.8, 4) is 11.5 Å². The molecule has 2 aromatic carbocycles. The first kappa shape index (κ1) is 21.0. The first-order valence-corrected chi connectivity index (χ1v) is 10.2. The van der Waals surface area contributed by atoms with E-state index >= 15 is 0 Å². The third-order valence-electron chi connectivity index (χ3n) is 5.83. The summed E-state index contributed by atoms with van der Waals surface area (Å²) >= 11 is 0. The van der Waals surface area contributed by atoms with Gasteiger partial charge in [0.1, 0.15) is 11.6 Å². The van der Waals surface area contributed by atoms with E-state index in [-0.39, 0.29) is 36.0 Å². The molecule has 7 heteroatoms. The molecule has 1 amide bonds. The number of ketones is 1. The molecule has 0 aromatic heterocycles. The Morgan fingerprint density at radius 3 is 2.58 bits per heavy atom. The van der Waals surface area contributed by atoms with E-state index in [9.17, 15) is 18.4 Å². The van der Waals surface area contributed by atoms with Gasteiger partial charge in [-0.15, -0.1) is 0 Å². The van der Waals surface area contributed by atoms with E-state index in [1.54, 1.807) is 13.2 Å². The second-order valence-electron chi connectivity index (χ2n) is 7.73. The fourth-order valence-corrected chi connectivity index (χ4v) is 4.46. The van der Waals surface area contributed by atoms with E-state index in [4.69, 9.17) is 9.47 Å². The molecule has 2 atom stereocenters. The monoisotopic (exact) mass is 427 g/mol. The Morgan fingerprint density at radius 2 is 1.84 bits per heavy atom. The van der Waals surface area contributed by atoms with Crippen LogP contribution in [-0.2, 0) is 9.59 Å². The van der Waals surface area contributed by atoms with E-state index in [0.717, 1.165) is 23.8 Å². The quantitative estimate of drug-likeness (QED) is 0.769. The molecule has 1 N–H and O–H groups in total. The topological polar surface area (TPSA) is 64.6 Å². The van der Waals surface area contributed by atoms with Crippen LogP contribution in [0.5, 0.6) is 11.5 Å². The van der Waals surface area contributed by atoms with E-state index < -0.39 is 17.6 Å². The molecule has 1 heterocycles. The summed E-state index contributed by atoms with van der Waals surface area (Å²) in [6.45, 7) is 2.38. The van der Waals surface area contributed by atoms with E-state index in [0.29, 0.717) is 35.8 Å². The maximum Gasteiger partial charge on any atom is 0.225 e.